The second-order valence-corrected chi connectivity index (χ2v) is 10.6. The van der Waals surface area contributed by atoms with E-state index in [1.807, 2.05) is 56.3 Å². The third-order valence-corrected chi connectivity index (χ3v) is 7.39. The van der Waals surface area contributed by atoms with Crippen LogP contribution >= 0.6 is 0 Å². The molecule has 2 aromatic rings. The Bertz CT molecular complexity index is 1100. The fourth-order valence-electron chi connectivity index (χ4n) is 5.13. The fraction of sp³-hybridized carbons (Fsp3) is 0.567. The smallest absolute Gasteiger partial charge is 0.243 e. The quantitative estimate of drug-likeness (QED) is 0.248. The van der Waals surface area contributed by atoms with Crippen LogP contribution in [0.1, 0.15) is 52.0 Å². The van der Waals surface area contributed by atoms with E-state index in [9.17, 15) is 24.6 Å². The molecule has 0 saturated carbocycles. The van der Waals surface area contributed by atoms with Gasteiger partial charge >= 0.3 is 0 Å². The van der Waals surface area contributed by atoms with Crippen LogP contribution < -0.4 is 16.0 Å². The molecule has 9 nitrogen and oxygen atoms in total. The van der Waals surface area contributed by atoms with Crippen molar-refractivity contribution in [2.75, 3.05) is 26.2 Å². The molecule has 0 aliphatic carbocycles. The highest BCUT2D eigenvalue weighted by Gasteiger charge is 2.37. The van der Waals surface area contributed by atoms with Gasteiger partial charge in [-0.3, -0.25) is 14.4 Å². The lowest BCUT2D eigenvalue weighted by Crippen LogP contribution is -2.55. The Morgan fingerprint density at radius 1 is 1.00 bits per heavy atom. The van der Waals surface area contributed by atoms with Gasteiger partial charge < -0.3 is 31.1 Å². The van der Waals surface area contributed by atoms with Crippen LogP contribution in [0.4, 0.5) is 0 Å². The summed E-state index contributed by atoms with van der Waals surface area (Å²) in [6.07, 6.45) is 1.63. The van der Waals surface area contributed by atoms with E-state index in [1.54, 1.807) is 11.8 Å². The van der Waals surface area contributed by atoms with Gasteiger partial charge in [0, 0.05) is 38.5 Å². The Balaban J connectivity index is 1.72. The number of carbonyl (C=O) groups excluding carboxylic acids is 3. The van der Waals surface area contributed by atoms with Crippen molar-refractivity contribution in [3.63, 3.8) is 0 Å². The number of aliphatic hydroxyl groups excluding tert-OH is 2. The van der Waals surface area contributed by atoms with Crippen LogP contribution in [0, 0.1) is 5.92 Å². The van der Waals surface area contributed by atoms with Gasteiger partial charge in [0.1, 0.15) is 12.1 Å². The number of rotatable bonds is 14. The first-order valence-corrected chi connectivity index (χ1v) is 14.2. The van der Waals surface area contributed by atoms with E-state index < -0.39 is 30.2 Å². The summed E-state index contributed by atoms with van der Waals surface area (Å²) in [5.74, 6) is -0.839. The maximum atomic E-state index is 13.5. The summed E-state index contributed by atoms with van der Waals surface area (Å²) in [5.41, 5.74) is 0.893. The summed E-state index contributed by atoms with van der Waals surface area (Å²) in [6, 6.07) is 12.4. The van der Waals surface area contributed by atoms with Gasteiger partial charge in [0.2, 0.25) is 17.7 Å². The molecule has 2 aromatic carbocycles. The predicted molar refractivity (Wildman–Crippen MR) is 152 cm³/mol. The lowest BCUT2D eigenvalue weighted by molar-refractivity contribution is -0.142. The van der Waals surface area contributed by atoms with Crippen LogP contribution in [0.3, 0.4) is 0 Å². The van der Waals surface area contributed by atoms with Gasteiger partial charge in [-0.15, -0.1) is 0 Å². The number of hydrogen-bond donors (Lipinski definition) is 5. The Labute approximate surface area is 231 Å². The maximum absolute atomic E-state index is 13.5. The number of hydrogen-bond acceptors (Lipinski definition) is 6. The van der Waals surface area contributed by atoms with Crippen molar-refractivity contribution in [3.8, 4) is 0 Å². The molecule has 3 rings (SSSR count). The average Bonchev–Trinajstić information content (AvgIpc) is 3.42. The van der Waals surface area contributed by atoms with Crippen molar-refractivity contribution >= 4 is 28.5 Å². The van der Waals surface area contributed by atoms with Crippen LogP contribution in [-0.4, -0.2) is 83.3 Å². The van der Waals surface area contributed by atoms with Crippen LogP contribution in [0.25, 0.3) is 10.8 Å². The van der Waals surface area contributed by atoms with E-state index in [0.717, 1.165) is 35.6 Å². The number of carbonyl (C=O) groups is 3. The van der Waals surface area contributed by atoms with Crippen LogP contribution in [0.2, 0.25) is 0 Å². The summed E-state index contributed by atoms with van der Waals surface area (Å²) in [4.78, 5) is 41.5. The third-order valence-electron chi connectivity index (χ3n) is 7.39. The van der Waals surface area contributed by atoms with Crippen molar-refractivity contribution in [1.82, 2.24) is 20.9 Å². The molecule has 1 heterocycles. The molecule has 0 radical (unpaired) electrons. The Hall–Kier alpha value is -3.01. The molecule has 0 bridgehead atoms. The largest absolute Gasteiger partial charge is 0.392 e. The van der Waals surface area contributed by atoms with Crippen LogP contribution in [0.5, 0.6) is 0 Å². The molecule has 3 amide bonds. The SMILES string of the molecule is CCC(CC)C(=O)N1CCCC1C(=O)N[C@H](Cc1ccc2ccccc2c1)C(=O)NCC(O)CNCC(C)O. The molecule has 1 fully saturated rings. The third kappa shape index (κ3) is 8.74. The molecule has 214 valence electrons. The minimum Gasteiger partial charge on any atom is -0.392 e. The highest BCUT2D eigenvalue weighted by molar-refractivity contribution is 5.93. The molecule has 1 saturated heterocycles. The minimum atomic E-state index is -0.873. The minimum absolute atomic E-state index is 0.000927. The van der Waals surface area contributed by atoms with Gasteiger partial charge in [-0.2, -0.15) is 0 Å². The Morgan fingerprint density at radius 2 is 1.72 bits per heavy atom. The highest BCUT2D eigenvalue weighted by Crippen LogP contribution is 2.23. The van der Waals surface area contributed by atoms with Gasteiger partial charge in [0.15, 0.2) is 0 Å². The van der Waals surface area contributed by atoms with Crippen molar-refractivity contribution < 1.29 is 24.6 Å². The molecular weight excluding hydrogens is 496 g/mol. The first-order valence-electron chi connectivity index (χ1n) is 14.2. The summed E-state index contributed by atoms with van der Waals surface area (Å²) in [7, 11) is 0. The Morgan fingerprint density at radius 3 is 2.41 bits per heavy atom. The summed E-state index contributed by atoms with van der Waals surface area (Å²) in [6.45, 7) is 6.69. The molecule has 5 N–H and O–H groups in total. The number of nitrogens with zero attached hydrogens (tertiary/aromatic N) is 1. The average molecular weight is 541 g/mol. The van der Waals surface area contributed by atoms with Crippen LogP contribution in [-0.2, 0) is 20.8 Å². The molecule has 9 heteroatoms. The summed E-state index contributed by atoms with van der Waals surface area (Å²) >= 11 is 0. The van der Waals surface area contributed by atoms with E-state index in [4.69, 9.17) is 0 Å². The second kappa shape index (κ2) is 15.0. The highest BCUT2D eigenvalue weighted by atomic mass is 16.3. The number of fused-ring (bicyclic) bond motifs is 1. The number of likely N-dealkylation sites (tertiary alicyclic amines) is 1. The van der Waals surface area contributed by atoms with E-state index in [2.05, 4.69) is 16.0 Å². The van der Waals surface area contributed by atoms with E-state index in [1.165, 1.54) is 0 Å². The maximum Gasteiger partial charge on any atom is 0.243 e. The van der Waals surface area contributed by atoms with Crippen molar-refractivity contribution in [2.24, 2.45) is 5.92 Å². The first-order chi connectivity index (χ1) is 18.7. The van der Waals surface area contributed by atoms with Crippen molar-refractivity contribution in [1.29, 1.82) is 0 Å². The predicted octanol–water partition coefficient (Wildman–Crippen LogP) is 1.74. The molecule has 3 unspecified atom stereocenters. The monoisotopic (exact) mass is 540 g/mol. The van der Waals surface area contributed by atoms with Gasteiger partial charge in [-0.1, -0.05) is 56.3 Å². The molecule has 39 heavy (non-hydrogen) atoms. The van der Waals surface area contributed by atoms with Crippen LogP contribution in [0.15, 0.2) is 42.5 Å². The molecule has 0 aromatic heterocycles. The van der Waals surface area contributed by atoms with Gasteiger partial charge in [-0.25, -0.2) is 0 Å². The lowest BCUT2D eigenvalue weighted by atomic mass is 10.00. The fourth-order valence-corrected chi connectivity index (χ4v) is 5.13. The van der Waals surface area contributed by atoms with Gasteiger partial charge in [-0.05, 0) is 48.9 Å². The summed E-state index contributed by atoms with van der Waals surface area (Å²) < 4.78 is 0. The second-order valence-electron chi connectivity index (χ2n) is 10.6. The Kier molecular flexibility index (Phi) is 11.7. The standard InChI is InChI=1S/C30H44N4O5/c1-4-22(5-2)30(39)34-14-8-11-27(34)29(38)33-26(28(37)32-19-25(36)18-31-17-20(3)35)16-21-12-13-23-9-6-7-10-24(23)15-21/h6-7,9-10,12-13,15,20,22,25-27,31,35-36H,4-5,8,11,14,16-19H2,1-3H3,(H,32,37)(H,33,38)/t20?,25?,26-,27?/m1/s1. The number of aliphatic hydroxyl groups is 2. The van der Waals surface area contributed by atoms with E-state index in [-0.39, 0.29) is 37.2 Å². The zero-order valence-corrected chi connectivity index (χ0v) is 23.4. The molecule has 1 aliphatic rings. The molecular formula is C30H44N4O5. The molecule has 1 aliphatic heterocycles. The number of benzene rings is 2. The van der Waals surface area contributed by atoms with Gasteiger partial charge in [0.25, 0.3) is 0 Å². The molecule has 0 spiro atoms. The van der Waals surface area contributed by atoms with E-state index >= 15 is 0 Å². The van der Waals surface area contributed by atoms with Gasteiger partial charge in [0.05, 0.1) is 12.2 Å². The van der Waals surface area contributed by atoms with Crippen molar-refractivity contribution in [3.05, 3.63) is 48.0 Å². The molecule has 4 atom stereocenters. The summed E-state index contributed by atoms with van der Waals surface area (Å²) in [5, 5.41) is 30.4. The normalized spacial score (nSPS) is 17.7. The van der Waals surface area contributed by atoms with E-state index in [0.29, 0.717) is 19.5 Å². The number of amides is 3. The first kappa shape index (κ1) is 30.5. The zero-order valence-electron chi connectivity index (χ0n) is 23.4. The lowest BCUT2D eigenvalue weighted by Gasteiger charge is -2.29. The van der Waals surface area contributed by atoms with Crippen molar-refractivity contribution in [2.45, 2.75) is 77.2 Å². The number of nitrogens with one attached hydrogen (secondary N) is 3. The topological polar surface area (TPSA) is 131 Å². The zero-order chi connectivity index (χ0) is 28.4.